The summed E-state index contributed by atoms with van der Waals surface area (Å²) in [7, 11) is 0. The lowest BCUT2D eigenvalue weighted by molar-refractivity contribution is 0.990. The number of aryl methyl sites for hydroxylation is 2. The maximum absolute atomic E-state index is 6.54. The lowest BCUT2D eigenvalue weighted by Gasteiger charge is -1.93. The number of benzene rings is 1. The Labute approximate surface area is 65.3 Å². The van der Waals surface area contributed by atoms with Gasteiger partial charge in [0.15, 0.2) is 10.8 Å². The third-order valence-corrected chi connectivity index (χ3v) is 1.37. The molecule has 0 atom stereocenters. The molecule has 0 heterocycles. The predicted molar refractivity (Wildman–Crippen MR) is 42.9 cm³/mol. The van der Waals surface area contributed by atoms with E-state index in [4.69, 9.17) is 5.53 Å². The van der Waals surface area contributed by atoms with E-state index in [1.54, 1.807) is 0 Å². The fraction of sp³-hybridized carbons (Fsp3) is 0.250. The van der Waals surface area contributed by atoms with Gasteiger partial charge >= 0.3 is 0 Å². The monoisotopic (exact) mass is 148 g/mol. The largest absolute Gasteiger partial charge is 0.220 e. The van der Waals surface area contributed by atoms with Gasteiger partial charge < -0.3 is 0 Å². The Morgan fingerprint density at radius 1 is 1.18 bits per heavy atom. The minimum absolute atomic E-state index is 0.748. The van der Waals surface area contributed by atoms with E-state index in [-0.39, 0.29) is 0 Å². The normalized spacial score (nSPS) is 8.91. The Morgan fingerprint density at radius 3 is 2.18 bits per heavy atom. The molecule has 1 aromatic carbocycles. The number of hydrogen-bond acceptors (Lipinski definition) is 2. The van der Waals surface area contributed by atoms with E-state index in [0.29, 0.717) is 0 Å². The zero-order valence-electron chi connectivity index (χ0n) is 6.63. The molecule has 0 unspecified atom stereocenters. The summed E-state index contributed by atoms with van der Waals surface area (Å²) in [4.78, 5) is 2.96. The smallest absolute Gasteiger partial charge is 0.0562 e. The van der Waals surface area contributed by atoms with Crippen LogP contribution in [0.2, 0.25) is 0 Å². The van der Waals surface area contributed by atoms with E-state index < -0.39 is 0 Å². The molecule has 0 amide bonds. The number of hydrogen-bond donors (Lipinski definition) is 1. The molecule has 3 nitrogen and oxygen atoms in total. The van der Waals surface area contributed by atoms with Crippen molar-refractivity contribution in [2.45, 2.75) is 13.8 Å². The van der Waals surface area contributed by atoms with Gasteiger partial charge in [-0.2, -0.15) is 0 Å². The third-order valence-electron chi connectivity index (χ3n) is 1.37. The van der Waals surface area contributed by atoms with Crippen molar-refractivity contribution in [2.24, 2.45) is 5.11 Å². The summed E-state index contributed by atoms with van der Waals surface area (Å²) in [5.41, 5.74) is 9.58. The van der Waals surface area contributed by atoms with Crippen molar-refractivity contribution in [1.29, 1.82) is 5.53 Å². The van der Waals surface area contributed by atoms with Gasteiger partial charge in [-0.15, -0.1) is 0 Å². The summed E-state index contributed by atoms with van der Waals surface area (Å²) < 4.78 is 0. The minimum Gasteiger partial charge on any atom is -0.0562 e. The van der Waals surface area contributed by atoms with Crippen LogP contribution in [0.1, 0.15) is 11.1 Å². The zero-order chi connectivity index (χ0) is 8.27. The maximum Gasteiger partial charge on any atom is 0.220 e. The first-order chi connectivity index (χ1) is 5.22. The van der Waals surface area contributed by atoms with E-state index in [9.17, 15) is 0 Å². The zero-order valence-corrected chi connectivity index (χ0v) is 6.63. The molecule has 0 spiro atoms. The van der Waals surface area contributed by atoms with Crippen LogP contribution in [0.25, 0.3) is 0 Å². The van der Waals surface area contributed by atoms with E-state index >= 15 is 0 Å². The van der Waals surface area contributed by atoms with Gasteiger partial charge in [-0.25, -0.2) is 0 Å². The molecule has 0 aliphatic rings. The topological polar surface area (TPSA) is 50.3 Å². The lowest BCUT2D eigenvalue weighted by Crippen LogP contribution is -1.75. The average Bonchev–Trinajstić information content (AvgIpc) is 1.85. The Hall–Kier alpha value is -1.47. The van der Waals surface area contributed by atoms with E-state index in [0.717, 1.165) is 16.8 Å². The van der Waals surface area contributed by atoms with Crippen LogP contribution in [0.15, 0.2) is 23.3 Å². The fourth-order valence-corrected chi connectivity index (χ4v) is 1.07. The summed E-state index contributed by atoms with van der Waals surface area (Å²) in [6.07, 6.45) is 0. The molecule has 56 valence electrons. The quantitative estimate of drug-likeness (QED) is 0.470. The lowest BCUT2D eigenvalue weighted by atomic mass is 10.1. The summed E-state index contributed by atoms with van der Waals surface area (Å²) in [5, 5.41) is 3.62. The van der Waals surface area contributed by atoms with Crippen LogP contribution in [-0.4, -0.2) is 0 Å². The third kappa shape index (κ3) is 1.99. The molecule has 0 fully saturated rings. The van der Waals surface area contributed by atoms with Crippen molar-refractivity contribution >= 4 is 5.69 Å². The highest BCUT2D eigenvalue weighted by Gasteiger charge is 1.96. The van der Waals surface area contributed by atoms with Crippen LogP contribution in [-0.2, 0) is 0 Å². The van der Waals surface area contributed by atoms with Crippen LogP contribution in [0.4, 0.5) is 5.69 Å². The van der Waals surface area contributed by atoms with Gasteiger partial charge in [-0.05, 0) is 37.1 Å². The van der Waals surface area contributed by atoms with Crippen molar-refractivity contribution < 1.29 is 0 Å². The highest BCUT2D eigenvalue weighted by atomic mass is 15.1. The molecule has 0 aliphatic carbocycles. The van der Waals surface area contributed by atoms with Crippen molar-refractivity contribution in [2.75, 3.05) is 0 Å². The van der Waals surface area contributed by atoms with E-state index in [2.05, 4.69) is 16.1 Å². The second-order valence-corrected chi connectivity index (χ2v) is 2.55. The standard InChI is InChI=1S/C8H10N3/c1-6-3-7(2)5-8(4-6)10-11-9/h3-5,9H,1-2H3/q+1. The first kappa shape index (κ1) is 7.63. The SMILES string of the molecule is Cc1cc(C)cc(N=[N+]=N)c1. The number of nitrogens with zero attached hydrogens (tertiary/aromatic N) is 2. The molecular weight excluding hydrogens is 138 g/mol. The van der Waals surface area contributed by atoms with Gasteiger partial charge in [0.2, 0.25) is 4.91 Å². The fourth-order valence-electron chi connectivity index (χ4n) is 1.07. The second-order valence-electron chi connectivity index (χ2n) is 2.55. The minimum atomic E-state index is 0.748. The summed E-state index contributed by atoms with van der Waals surface area (Å²) in [5.74, 6) is 0. The van der Waals surface area contributed by atoms with Crippen molar-refractivity contribution in [3.63, 3.8) is 0 Å². The molecular formula is C8H10N3+. The van der Waals surface area contributed by atoms with Gasteiger partial charge in [0.25, 0.3) is 0 Å². The highest BCUT2D eigenvalue weighted by Crippen LogP contribution is 2.15. The first-order valence-corrected chi connectivity index (χ1v) is 3.38. The Bertz CT molecular complexity index is 291. The van der Waals surface area contributed by atoms with Gasteiger partial charge in [-0.3, -0.25) is 0 Å². The molecule has 1 rings (SSSR count). The molecule has 0 saturated carbocycles. The van der Waals surface area contributed by atoms with Crippen LogP contribution < -0.4 is 4.91 Å². The summed E-state index contributed by atoms with van der Waals surface area (Å²) >= 11 is 0. The molecule has 3 heteroatoms. The van der Waals surface area contributed by atoms with Crippen LogP contribution in [0.3, 0.4) is 0 Å². The maximum atomic E-state index is 6.54. The Kier molecular flexibility index (Phi) is 2.14. The van der Waals surface area contributed by atoms with Crippen LogP contribution >= 0.6 is 0 Å². The summed E-state index contributed by atoms with van der Waals surface area (Å²) in [6.45, 7) is 3.99. The van der Waals surface area contributed by atoms with Crippen molar-refractivity contribution in [1.82, 2.24) is 4.91 Å². The van der Waals surface area contributed by atoms with Gasteiger partial charge in [-0.1, -0.05) is 6.07 Å². The molecule has 0 saturated heterocycles. The molecule has 0 aliphatic heterocycles. The van der Waals surface area contributed by atoms with Gasteiger partial charge in [0.1, 0.15) is 5.53 Å². The summed E-state index contributed by atoms with van der Waals surface area (Å²) in [6, 6.07) is 5.85. The van der Waals surface area contributed by atoms with Crippen molar-refractivity contribution in [3.8, 4) is 0 Å². The highest BCUT2D eigenvalue weighted by molar-refractivity contribution is 5.42. The first-order valence-electron chi connectivity index (χ1n) is 3.38. The molecule has 1 N–H and O–H groups in total. The van der Waals surface area contributed by atoms with Gasteiger partial charge in [0.05, 0.1) is 0 Å². The average molecular weight is 148 g/mol. The Balaban J connectivity index is 3.18. The van der Waals surface area contributed by atoms with E-state index in [1.165, 1.54) is 0 Å². The van der Waals surface area contributed by atoms with Crippen LogP contribution in [0.5, 0.6) is 0 Å². The van der Waals surface area contributed by atoms with Crippen LogP contribution in [0, 0.1) is 19.4 Å². The molecule has 11 heavy (non-hydrogen) atoms. The van der Waals surface area contributed by atoms with Gasteiger partial charge in [0, 0.05) is 0 Å². The second kappa shape index (κ2) is 3.08. The molecule has 1 aromatic rings. The molecule has 0 aromatic heterocycles. The number of nitrogens with one attached hydrogen (secondary N) is 1. The Morgan fingerprint density at radius 2 is 1.73 bits per heavy atom. The molecule has 0 radical (unpaired) electrons. The van der Waals surface area contributed by atoms with E-state index in [1.807, 2.05) is 26.0 Å². The predicted octanol–water partition coefficient (Wildman–Crippen LogP) is 2.49. The molecule has 0 bridgehead atoms. The van der Waals surface area contributed by atoms with Crippen molar-refractivity contribution in [3.05, 3.63) is 29.3 Å². The number of rotatable bonds is 1.